The summed E-state index contributed by atoms with van der Waals surface area (Å²) in [5, 5.41) is 9.23. The monoisotopic (exact) mass is 260 g/mol. The van der Waals surface area contributed by atoms with Gasteiger partial charge in [-0.2, -0.15) is 0 Å². The Balaban J connectivity index is 3.59. The van der Waals surface area contributed by atoms with Crippen molar-refractivity contribution in [1.29, 1.82) is 0 Å². The van der Waals surface area contributed by atoms with E-state index in [1.165, 1.54) is 12.8 Å². The van der Waals surface area contributed by atoms with Gasteiger partial charge in [0.1, 0.15) is 0 Å². The maximum absolute atomic E-state index is 8.91. The third kappa shape index (κ3) is 7.22. The number of aliphatic hydroxyl groups excluding tert-OH is 1. The van der Waals surface area contributed by atoms with Crippen molar-refractivity contribution in [3.05, 3.63) is 0 Å². The van der Waals surface area contributed by atoms with Crippen molar-refractivity contribution < 1.29 is 9.53 Å². The number of aliphatic hydroxyl groups is 1. The number of hydrogen-bond donors (Lipinski definition) is 1. The van der Waals surface area contributed by atoms with Crippen LogP contribution in [0.2, 0.25) is 18.1 Å². The SMILES string of the molecule is C[C@@H](CO)CCCCCO[Si](C)(C)C(C)(C)C. The van der Waals surface area contributed by atoms with E-state index < -0.39 is 8.32 Å². The molecule has 1 atom stereocenters. The van der Waals surface area contributed by atoms with Crippen LogP contribution in [0.5, 0.6) is 0 Å². The second-order valence-corrected chi connectivity index (χ2v) is 11.6. The van der Waals surface area contributed by atoms with E-state index in [1.54, 1.807) is 0 Å². The van der Waals surface area contributed by atoms with E-state index in [1.807, 2.05) is 0 Å². The van der Waals surface area contributed by atoms with Crippen molar-refractivity contribution in [2.24, 2.45) is 5.92 Å². The molecule has 0 unspecified atom stereocenters. The van der Waals surface area contributed by atoms with Gasteiger partial charge >= 0.3 is 0 Å². The van der Waals surface area contributed by atoms with Gasteiger partial charge in [-0.25, -0.2) is 0 Å². The van der Waals surface area contributed by atoms with Crippen molar-refractivity contribution in [2.75, 3.05) is 13.2 Å². The van der Waals surface area contributed by atoms with Crippen LogP contribution in [0.1, 0.15) is 53.4 Å². The lowest BCUT2D eigenvalue weighted by Crippen LogP contribution is -2.40. The summed E-state index contributed by atoms with van der Waals surface area (Å²) < 4.78 is 6.12. The molecule has 0 fully saturated rings. The van der Waals surface area contributed by atoms with Gasteiger partial charge < -0.3 is 9.53 Å². The molecule has 0 aromatic rings. The van der Waals surface area contributed by atoms with Crippen molar-refractivity contribution in [2.45, 2.75) is 71.5 Å². The van der Waals surface area contributed by atoms with E-state index in [-0.39, 0.29) is 0 Å². The summed E-state index contributed by atoms with van der Waals surface area (Å²) in [6.07, 6.45) is 4.73. The summed E-state index contributed by atoms with van der Waals surface area (Å²) in [4.78, 5) is 0. The third-order valence-electron chi connectivity index (χ3n) is 3.92. The minimum atomic E-state index is -1.53. The molecule has 0 radical (unpaired) electrons. The first kappa shape index (κ1) is 17.1. The van der Waals surface area contributed by atoms with Crippen LogP contribution >= 0.6 is 0 Å². The van der Waals surface area contributed by atoms with E-state index in [2.05, 4.69) is 40.8 Å². The Kier molecular flexibility index (Phi) is 7.61. The van der Waals surface area contributed by atoms with Gasteiger partial charge in [0.15, 0.2) is 8.32 Å². The fraction of sp³-hybridized carbons (Fsp3) is 1.00. The Bertz CT molecular complexity index is 197. The lowest BCUT2D eigenvalue weighted by Gasteiger charge is -2.36. The highest BCUT2D eigenvalue weighted by Gasteiger charge is 2.36. The Hall–Kier alpha value is 0.137. The molecule has 2 nitrogen and oxygen atoms in total. The molecule has 17 heavy (non-hydrogen) atoms. The fourth-order valence-electron chi connectivity index (χ4n) is 1.41. The van der Waals surface area contributed by atoms with Gasteiger partial charge in [0.2, 0.25) is 0 Å². The number of hydrogen-bond acceptors (Lipinski definition) is 2. The van der Waals surface area contributed by atoms with Crippen molar-refractivity contribution in [3.8, 4) is 0 Å². The van der Waals surface area contributed by atoms with Gasteiger partial charge in [-0.1, -0.05) is 40.5 Å². The number of unbranched alkanes of at least 4 members (excludes halogenated alkanes) is 2. The molecule has 0 heterocycles. The van der Waals surface area contributed by atoms with Gasteiger partial charge in [0, 0.05) is 13.2 Å². The van der Waals surface area contributed by atoms with Gasteiger partial charge in [-0.05, 0) is 36.9 Å². The quantitative estimate of drug-likeness (QED) is 0.523. The second kappa shape index (κ2) is 7.55. The minimum absolute atomic E-state index is 0.318. The normalized spacial score (nSPS) is 15.0. The van der Waals surface area contributed by atoms with Crippen LogP contribution in [0, 0.1) is 5.92 Å². The Morgan fingerprint density at radius 1 is 1.12 bits per heavy atom. The van der Waals surface area contributed by atoms with E-state index >= 15 is 0 Å². The van der Waals surface area contributed by atoms with Crippen LogP contribution in [0.25, 0.3) is 0 Å². The lowest BCUT2D eigenvalue weighted by molar-refractivity contribution is 0.225. The first-order valence-corrected chi connectivity index (χ1v) is 9.86. The van der Waals surface area contributed by atoms with Crippen molar-refractivity contribution >= 4 is 8.32 Å². The largest absolute Gasteiger partial charge is 0.417 e. The van der Waals surface area contributed by atoms with Crippen LogP contribution in [-0.2, 0) is 4.43 Å². The molecule has 0 aliphatic carbocycles. The average molecular weight is 260 g/mol. The molecular formula is C14H32O2Si. The van der Waals surface area contributed by atoms with Gasteiger partial charge in [0.05, 0.1) is 0 Å². The molecule has 0 saturated carbocycles. The maximum atomic E-state index is 8.91. The van der Waals surface area contributed by atoms with E-state index in [4.69, 9.17) is 9.53 Å². The fourth-order valence-corrected chi connectivity index (χ4v) is 2.49. The lowest BCUT2D eigenvalue weighted by atomic mass is 10.0. The molecule has 0 aliphatic heterocycles. The molecule has 0 bridgehead atoms. The topological polar surface area (TPSA) is 29.5 Å². The molecule has 0 aromatic heterocycles. The van der Waals surface area contributed by atoms with Crippen LogP contribution in [0.3, 0.4) is 0 Å². The smallest absolute Gasteiger partial charge is 0.191 e. The highest BCUT2D eigenvalue weighted by atomic mass is 28.4. The summed E-state index contributed by atoms with van der Waals surface area (Å²) in [7, 11) is -1.53. The summed E-state index contributed by atoms with van der Waals surface area (Å²) >= 11 is 0. The molecule has 0 amide bonds. The molecule has 0 spiro atoms. The second-order valence-electron chi connectivity index (χ2n) is 6.75. The molecule has 0 rings (SSSR count). The highest BCUT2D eigenvalue weighted by molar-refractivity contribution is 6.74. The first-order valence-electron chi connectivity index (χ1n) is 6.95. The van der Waals surface area contributed by atoms with Crippen molar-refractivity contribution in [1.82, 2.24) is 0 Å². The summed E-state index contributed by atoms with van der Waals surface area (Å²) in [5.41, 5.74) is 0. The Morgan fingerprint density at radius 3 is 2.18 bits per heavy atom. The van der Waals surface area contributed by atoms with E-state index in [0.717, 1.165) is 19.4 Å². The standard InChI is InChI=1S/C14H32O2Si/c1-13(12-15)10-8-7-9-11-16-17(5,6)14(2,3)4/h13,15H,7-12H2,1-6H3/t13-/m1/s1. The summed E-state index contributed by atoms with van der Waals surface area (Å²) in [6, 6.07) is 0. The summed E-state index contributed by atoms with van der Waals surface area (Å²) in [6.45, 7) is 14.8. The van der Waals surface area contributed by atoms with Crippen LogP contribution in [-0.4, -0.2) is 26.6 Å². The van der Waals surface area contributed by atoms with Gasteiger partial charge in [-0.15, -0.1) is 0 Å². The van der Waals surface area contributed by atoms with E-state index in [9.17, 15) is 0 Å². The first-order chi connectivity index (χ1) is 7.70. The van der Waals surface area contributed by atoms with E-state index in [0.29, 0.717) is 17.6 Å². The molecule has 3 heteroatoms. The highest BCUT2D eigenvalue weighted by Crippen LogP contribution is 2.36. The predicted molar refractivity (Wildman–Crippen MR) is 77.9 cm³/mol. The summed E-state index contributed by atoms with van der Waals surface area (Å²) in [5.74, 6) is 0.455. The van der Waals surface area contributed by atoms with Crippen LogP contribution in [0.15, 0.2) is 0 Å². The molecule has 0 aliphatic rings. The molecular weight excluding hydrogens is 228 g/mol. The predicted octanol–water partition coefficient (Wildman–Crippen LogP) is 4.20. The zero-order valence-electron chi connectivity index (χ0n) is 12.7. The Labute approximate surface area is 109 Å². The minimum Gasteiger partial charge on any atom is -0.417 e. The number of rotatable bonds is 8. The van der Waals surface area contributed by atoms with Crippen LogP contribution < -0.4 is 0 Å². The average Bonchev–Trinajstić information content (AvgIpc) is 2.21. The van der Waals surface area contributed by atoms with Gasteiger partial charge in [0.25, 0.3) is 0 Å². The Morgan fingerprint density at radius 2 is 1.71 bits per heavy atom. The molecule has 0 aromatic carbocycles. The molecule has 104 valence electrons. The molecule has 0 saturated heterocycles. The van der Waals surface area contributed by atoms with Crippen molar-refractivity contribution in [3.63, 3.8) is 0 Å². The maximum Gasteiger partial charge on any atom is 0.191 e. The zero-order valence-corrected chi connectivity index (χ0v) is 13.7. The van der Waals surface area contributed by atoms with Gasteiger partial charge in [-0.3, -0.25) is 0 Å². The third-order valence-corrected chi connectivity index (χ3v) is 8.46. The molecule has 1 N–H and O–H groups in total. The van der Waals surface area contributed by atoms with Crippen LogP contribution in [0.4, 0.5) is 0 Å². The zero-order chi connectivity index (χ0) is 13.5.